The number of rotatable bonds is 13. The Kier molecular flexibility index (Phi) is 11.9. The van der Waals surface area contributed by atoms with Gasteiger partial charge in [-0.1, -0.05) is 42.5 Å². The molecule has 17 heteroatoms. The number of halogens is 6. The molecule has 3 aromatic rings. The predicted molar refractivity (Wildman–Crippen MR) is 163 cm³/mol. The number of carboxylic acid groups (broad SMARTS) is 1. The molecule has 49 heavy (non-hydrogen) atoms. The molecule has 2 amide bonds. The molecule has 0 saturated heterocycles. The van der Waals surface area contributed by atoms with Crippen LogP contribution < -0.4 is 9.64 Å². The van der Waals surface area contributed by atoms with Gasteiger partial charge in [0.2, 0.25) is 11.5 Å². The molecular weight excluding hydrogens is 666 g/mol. The van der Waals surface area contributed by atoms with Crippen LogP contribution in [0, 0.1) is 0 Å². The van der Waals surface area contributed by atoms with E-state index in [4.69, 9.17) is 18.6 Å². The van der Waals surface area contributed by atoms with Crippen molar-refractivity contribution in [1.29, 1.82) is 0 Å². The molecular formula is C32H34F6N4O7. The molecule has 0 aliphatic rings. The molecule has 266 valence electrons. The summed E-state index contributed by atoms with van der Waals surface area (Å²) in [4.78, 5) is 29.0. The average Bonchev–Trinajstić information content (AvgIpc) is 3.46. The second kappa shape index (κ2) is 15.1. The van der Waals surface area contributed by atoms with Gasteiger partial charge in [-0.05, 0) is 52.2 Å². The van der Waals surface area contributed by atoms with Crippen LogP contribution in [0.2, 0.25) is 0 Å². The number of anilines is 1. The van der Waals surface area contributed by atoms with Crippen molar-refractivity contribution in [2.75, 3.05) is 4.90 Å². The Morgan fingerprint density at radius 1 is 1.04 bits per heavy atom. The maximum absolute atomic E-state index is 14.9. The lowest BCUT2D eigenvalue weighted by atomic mass is 9.96. The lowest BCUT2D eigenvalue weighted by Gasteiger charge is -2.32. The molecule has 3 rings (SSSR count). The Balaban J connectivity index is 2.35. The first-order valence-electron chi connectivity index (χ1n) is 14.6. The third kappa shape index (κ3) is 9.37. The largest absolute Gasteiger partial charge is 0.474 e. The molecule has 0 spiro atoms. The van der Waals surface area contributed by atoms with Gasteiger partial charge in [0, 0.05) is 6.42 Å². The molecule has 0 fully saturated rings. The van der Waals surface area contributed by atoms with Crippen molar-refractivity contribution in [1.82, 2.24) is 15.2 Å². The summed E-state index contributed by atoms with van der Waals surface area (Å²) in [5.74, 6) is -3.30. The van der Waals surface area contributed by atoms with Crippen LogP contribution in [-0.4, -0.2) is 50.4 Å². The molecule has 1 aromatic carbocycles. The fraction of sp³-hybridized carbons (Fsp3) is 0.406. The minimum atomic E-state index is -5.23. The summed E-state index contributed by atoms with van der Waals surface area (Å²) in [7, 11) is 0. The van der Waals surface area contributed by atoms with E-state index in [1.54, 1.807) is 18.2 Å². The summed E-state index contributed by atoms with van der Waals surface area (Å²) < 4.78 is 109. The molecule has 2 atom stereocenters. The highest BCUT2D eigenvalue weighted by atomic mass is 19.4. The van der Waals surface area contributed by atoms with Crippen molar-refractivity contribution in [2.24, 2.45) is 0 Å². The standard InChI is InChI=1S/C32H34F6N4O7/c1-7-9-16-30(32(36,37)38,46-18-20-14-11-10-12-15-20)26-41-40-25(48-26)23-22(42(27(43)44)28(45)49-29(4,5)6)17-21(31(33,34)35)24(39-23)47-19(3)13-8-2/h7-8,10-12,14-15,17,19H,1-2,9,13,16,18H2,3-6H3,(H,43,44)/t19-,30?/m0/s1. The summed E-state index contributed by atoms with van der Waals surface area (Å²) in [5, 5.41) is 17.1. The lowest BCUT2D eigenvalue weighted by molar-refractivity contribution is -0.299. The molecule has 2 aromatic heterocycles. The van der Waals surface area contributed by atoms with Crippen molar-refractivity contribution in [2.45, 2.75) is 83.2 Å². The minimum Gasteiger partial charge on any atom is -0.474 e. The molecule has 11 nitrogen and oxygen atoms in total. The number of nitrogens with zero attached hydrogens (tertiary/aromatic N) is 4. The molecule has 1 N–H and O–H groups in total. The zero-order valence-corrected chi connectivity index (χ0v) is 26.9. The number of benzene rings is 1. The molecule has 2 heterocycles. The first kappa shape index (κ1) is 38.5. The third-order valence-corrected chi connectivity index (χ3v) is 6.55. The normalized spacial score (nSPS) is 14.0. The summed E-state index contributed by atoms with van der Waals surface area (Å²) in [5.41, 5.74) is -7.95. The Morgan fingerprint density at radius 2 is 1.69 bits per heavy atom. The highest BCUT2D eigenvalue weighted by Crippen LogP contribution is 2.48. The van der Waals surface area contributed by atoms with Gasteiger partial charge in [0.1, 0.15) is 17.3 Å². The van der Waals surface area contributed by atoms with Crippen LogP contribution in [-0.2, 0) is 27.9 Å². The average molecular weight is 701 g/mol. The Morgan fingerprint density at radius 3 is 2.22 bits per heavy atom. The first-order valence-corrected chi connectivity index (χ1v) is 14.6. The number of hydrogen-bond donors (Lipinski definition) is 1. The highest BCUT2D eigenvalue weighted by molar-refractivity contribution is 6.10. The Bertz CT molecular complexity index is 1640. The maximum Gasteiger partial charge on any atom is 0.426 e. The third-order valence-electron chi connectivity index (χ3n) is 6.55. The summed E-state index contributed by atoms with van der Waals surface area (Å²) in [6, 6.07) is 8.03. The van der Waals surface area contributed by atoms with E-state index in [9.17, 15) is 41.0 Å². The number of allylic oxidation sites excluding steroid dienone is 1. The van der Waals surface area contributed by atoms with Crippen molar-refractivity contribution >= 4 is 17.9 Å². The van der Waals surface area contributed by atoms with E-state index in [0.29, 0.717) is 5.56 Å². The van der Waals surface area contributed by atoms with Crippen LogP contribution in [0.25, 0.3) is 11.6 Å². The number of carbonyl (C=O) groups excluding carboxylic acids is 1. The van der Waals surface area contributed by atoms with Gasteiger partial charge in [-0.2, -0.15) is 31.2 Å². The van der Waals surface area contributed by atoms with Crippen LogP contribution in [0.15, 0.2) is 66.1 Å². The van der Waals surface area contributed by atoms with E-state index < -0.39 is 89.5 Å². The molecule has 0 bridgehead atoms. The van der Waals surface area contributed by atoms with E-state index in [1.165, 1.54) is 52.0 Å². The van der Waals surface area contributed by atoms with Crippen LogP contribution in [0.3, 0.4) is 0 Å². The molecule has 0 saturated carbocycles. The molecule has 0 radical (unpaired) electrons. The summed E-state index contributed by atoms with van der Waals surface area (Å²) in [6.45, 7) is 11.8. The number of ether oxygens (including phenoxy) is 3. The van der Waals surface area contributed by atoms with E-state index in [1.807, 2.05) is 0 Å². The van der Waals surface area contributed by atoms with Crippen molar-refractivity contribution < 1.29 is 59.7 Å². The highest BCUT2D eigenvalue weighted by Gasteiger charge is 2.61. The van der Waals surface area contributed by atoms with Gasteiger partial charge < -0.3 is 23.7 Å². The molecule has 1 unspecified atom stereocenters. The number of aromatic nitrogens is 3. The van der Waals surface area contributed by atoms with Crippen LogP contribution in [0.4, 0.5) is 41.6 Å². The summed E-state index contributed by atoms with van der Waals surface area (Å²) >= 11 is 0. The maximum atomic E-state index is 14.9. The first-order chi connectivity index (χ1) is 22.7. The minimum absolute atomic E-state index is 0.0378. The second-order valence-electron chi connectivity index (χ2n) is 11.6. The predicted octanol–water partition coefficient (Wildman–Crippen LogP) is 8.85. The van der Waals surface area contributed by atoms with Gasteiger partial charge >= 0.3 is 24.5 Å². The SMILES string of the molecule is C=CCCC(OCc1ccccc1)(c1nnc(-c2nc(O[C@@H](C)CC=C)c(C(F)(F)F)cc2N(C(=O)O)C(=O)OC(C)(C)C)o1)C(F)(F)F. The quantitative estimate of drug-likeness (QED) is 0.136. The zero-order valence-electron chi connectivity index (χ0n) is 26.9. The number of carbonyl (C=O) groups is 2. The van der Waals surface area contributed by atoms with Crippen LogP contribution >= 0.6 is 0 Å². The summed E-state index contributed by atoms with van der Waals surface area (Å²) in [6.07, 6.45) is -13.7. The number of alkyl halides is 6. The van der Waals surface area contributed by atoms with Gasteiger partial charge in [-0.15, -0.1) is 23.4 Å². The van der Waals surface area contributed by atoms with Crippen molar-refractivity contribution in [3.05, 3.63) is 78.7 Å². The second-order valence-corrected chi connectivity index (χ2v) is 11.6. The fourth-order valence-electron chi connectivity index (χ4n) is 4.32. The van der Waals surface area contributed by atoms with Gasteiger partial charge in [0.15, 0.2) is 5.69 Å². The van der Waals surface area contributed by atoms with E-state index >= 15 is 0 Å². The topological polar surface area (TPSA) is 137 Å². The smallest absolute Gasteiger partial charge is 0.426 e. The van der Waals surface area contributed by atoms with Gasteiger partial charge in [-0.25, -0.2) is 14.6 Å². The number of amides is 2. The van der Waals surface area contributed by atoms with E-state index in [-0.39, 0.29) is 23.8 Å². The van der Waals surface area contributed by atoms with Crippen molar-refractivity contribution in [3.8, 4) is 17.5 Å². The number of hydrogen-bond acceptors (Lipinski definition) is 9. The fourth-order valence-corrected chi connectivity index (χ4v) is 4.32. The van der Waals surface area contributed by atoms with Gasteiger partial charge in [0.25, 0.3) is 11.8 Å². The number of imide groups is 1. The van der Waals surface area contributed by atoms with Crippen LogP contribution in [0.5, 0.6) is 5.88 Å². The Labute approximate surface area is 277 Å². The number of pyridine rings is 1. The molecule has 0 aliphatic heterocycles. The van der Waals surface area contributed by atoms with E-state index in [0.717, 1.165) is 0 Å². The lowest BCUT2D eigenvalue weighted by Crippen LogP contribution is -2.45. The van der Waals surface area contributed by atoms with Gasteiger partial charge in [0.05, 0.1) is 12.3 Å². The van der Waals surface area contributed by atoms with E-state index in [2.05, 4.69) is 28.3 Å². The van der Waals surface area contributed by atoms with Gasteiger partial charge in [-0.3, -0.25) is 0 Å². The van der Waals surface area contributed by atoms with Crippen LogP contribution in [0.1, 0.15) is 64.0 Å². The zero-order chi connectivity index (χ0) is 36.8. The monoisotopic (exact) mass is 700 g/mol. The Hall–Kier alpha value is -4.93. The van der Waals surface area contributed by atoms with Crippen molar-refractivity contribution in [3.63, 3.8) is 0 Å². The molecule has 0 aliphatic carbocycles.